The monoisotopic (exact) mass is 385 g/mol. The van der Waals surface area contributed by atoms with Crippen molar-refractivity contribution < 1.29 is 14.0 Å². The van der Waals surface area contributed by atoms with E-state index in [1.165, 1.54) is 12.1 Å². The maximum atomic E-state index is 14.0. The van der Waals surface area contributed by atoms with Crippen LogP contribution in [0.4, 0.5) is 4.39 Å². The number of benzene rings is 1. The van der Waals surface area contributed by atoms with Crippen LogP contribution in [0.3, 0.4) is 0 Å². The Morgan fingerprint density at radius 2 is 1.96 bits per heavy atom. The van der Waals surface area contributed by atoms with Gasteiger partial charge in [-0.2, -0.15) is 0 Å². The van der Waals surface area contributed by atoms with Gasteiger partial charge in [-0.3, -0.25) is 14.5 Å². The van der Waals surface area contributed by atoms with Gasteiger partial charge in [0.05, 0.1) is 12.1 Å². The maximum absolute atomic E-state index is 14.0. The molecular weight excluding hydrogens is 365 g/mol. The van der Waals surface area contributed by atoms with Crippen LogP contribution in [0.15, 0.2) is 22.7 Å². The lowest BCUT2D eigenvalue weighted by Crippen LogP contribution is -2.39. The van der Waals surface area contributed by atoms with E-state index in [2.05, 4.69) is 15.9 Å². The van der Waals surface area contributed by atoms with E-state index >= 15 is 0 Å². The van der Waals surface area contributed by atoms with Crippen molar-refractivity contribution >= 4 is 27.7 Å². The van der Waals surface area contributed by atoms with Crippen LogP contribution in [0, 0.1) is 5.82 Å². The van der Waals surface area contributed by atoms with Gasteiger partial charge in [0.15, 0.2) is 0 Å². The molecule has 2 rings (SSSR count). The summed E-state index contributed by atoms with van der Waals surface area (Å²) < 4.78 is 14.6. The molecule has 1 aliphatic rings. The average Bonchev–Trinajstić information content (AvgIpc) is 2.72. The molecule has 0 bridgehead atoms. The molecule has 1 heterocycles. The first-order valence-electron chi connectivity index (χ1n) is 7.55. The van der Waals surface area contributed by atoms with Gasteiger partial charge >= 0.3 is 0 Å². The Bertz CT molecular complexity index is 595. The van der Waals surface area contributed by atoms with Gasteiger partial charge in [0, 0.05) is 44.7 Å². The number of carbonyl (C=O) groups excluding carboxylic acids is 2. The Balaban J connectivity index is 1.99. The Morgan fingerprint density at radius 3 is 2.61 bits per heavy atom. The largest absolute Gasteiger partial charge is 0.348 e. The molecule has 1 aromatic carbocycles. The summed E-state index contributed by atoms with van der Waals surface area (Å²) in [5.74, 6) is -0.771. The molecule has 1 fully saturated rings. The molecule has 1 aliphatic heterocycles. The quantitative estimate of drug-likeness (QED) is 0.796. The second kappa shape index (κ2) is 7.88. The standard InChI is InChI=1S/C16H21BrFN3O2/c1-19(2)15(22)11-20-6-3-7-21(9-8-20)16(23)13-5-4-12(17)10-14(13)18/h4-5,10H,3,6-9,11H2,1-2H3. The molecule has 0 saturated carbocycles. The molecule has 0 radical (unpaired) electrons. The van der Waals surface area contributed by atoms with E-state index in [1.54, 1.807) is 30.0 Å². The summed E-state index contributed by atoms with van der Waals surface area (Å²) in [5, 5.41) is 0. The zero-order valence-corrected chi connectivity index (χ0v) is 15.0. The summed E-state index contributed by atoms with van der Waals surface area (Å²) in [4.78, 5) is 29.5. The Kier molecular flexibility index (Phi) is 6.12. The fraction of sp³-hybridized carbons (Fsp3) is 0.500. The SMILES string of the molecule is CN(C)C(=O)CN1CCCN(C(=O)c2ccc(Br)cc2F)CC1. The number of amides is 2. The number of nitrogens with zero attached hydrogens (tertiary/aromatic N) is 3. The second-order valence-electron chi connectivity index (χ2n) is 5.83. The van der Waals surface area contributed by atoms with E-state index < -0.39 is 5.82 Å². The Hall–Kier alpha value is -1.47. The number of likely N-dealkylation sites (N-methyl/N-ethyl adjacent to an activating group) is 1. The van der Waals surface area contributed by atoms with Gasteiger partial charge in [-0.25, -0.2) is 4.39 Å². The van der Waals surface area contributed by atoms with Crippen LogP contribution < -0.4 is 0 Å². The number of carbonyl (C=O) groups is 2. The van der Waals surface area contributed by atoms with E-state index in [4.69, 9.17) is 0 Å². The third-order valence-electron chi connectivity index (χ3n) is 3.89. The zero-order chi connectivity index (χ0) is 17.0. The molecule has 5 nitrogen and oxygen atoms in total. The number of hydrogen-bond acceptors (Lipinski definition) is 3. The molecule has 0 N–H and O–H groups in total. The first-order valence-corrected chi connectivity index (χ1v) is 8.34. The fourth-order valence-electron chi connectivity index (χ4n) is 2.50. The molecule has 0 spiro atoms. The lowest BCUT2D eigenvalue weighted by Gasteiger charge is -2.23. The highest BCUT2D eigenvalue weighted by Gasteiger charge is 2.23. The minimum Gasteiger partial charge on any atom is -0.348 e. The van der Waals surface area contributed by atoms with Crippen LogP contribution in [0.5, 0.6) is 0 Å². The maximum Gasteiger partial charge on any atom is 0.256 e. The van der Waals surface area contributed by atoms with Crippen molar-refractivity contribution in [1.82, 2.24) is 14.7 Å². The van der Waals surface area contributed by atoms with Crippen LogP contribution in [0.25, 0.3) is 0 Å². The van der Waals surface area contributed by atoms with Crippen LogP contribution in [0.1, 0.15) is 16.8 Å². The summed E-state index contributed by atoms with van der Waals surface area (Å²) in [5.41, 5.74) is 0.0889. The Morgan fingerprint density at radius 1 is 1.22 bits per heavy atom. The number of rotatable bonds is 3. The van der Waals surface area contributed by atoms with Crippen molar-refractivity contribution in [3.05, 3.63) is 34.1 Å². The fourth-order valence-corrected chi connectivity index (χ4v) is 2.83. The van der Waals surface area contributed by atoms with E-state index in [-0.39, 0.29) is 17.4 Å². The van der Waals surface area contributed by atoms with Crippen LogP contribution in [-0.2, 0) is 4.79 Å². The van der Waals surface area contributed by atoms with Gasteiger partial charge in [0.25, 0.3) is 5.91 Å². The second-order valence-corrected chi connectivity index (χ2v) is 6.75. The first kappa shape index (κ1) is 17.9. The van der Waals surface area contributed by atoms with Crippen molar-refractivity contribution in [2.45, 2.75) is 6.42 Å². The molecular formula is C16H21BrFN3O2. The topological polar surface area (TPSA) is 43.9 Å². The molecule has 7 heteroatoms. The van der Waals surface area contributed by atoms with Crippen molar-refractivity contribution in [1.29, 1.82) is 0 Å². The highest BCUT2D eigenvalue weighted by Crippen LogP contribution is 2.17. The summed E-state index contributed by atoms with van der Waals surface area (Å²) in [6.07, 6.45) is 0.768. The minimum absolute atomic E-state index is 0.0451. The van der Waals surface area contributed by atoms with E-state index in [0.29, 0.717) is 30.7 Å². The Labute approximate surface area is 144 Å². The first-order chi connectivity index (χ1) is 10.9. The summed E-state index contributed by atoms with van der Waals surface area (Å²) >= 11 is 3.19. The van der Waals surface area contributed by atoms with Gasteiger partial charge in [-0.15, -0.1) is 0 Å². The van der Waals surface area contributed by atoms with Crippen LogP contribution in [-0.4, -0.2) is 73.3 Å². The van der Waals surface area contributed by atoms with Crippen molar-refractivity contribution in [3.63, 3.8) is 0 Å². The van der Waals surface area contributed by atoms with Gasteiger partial charge in [0.1, 0.15) is 5.82 Å². The van der Waals surface area contributed by atoms with Gasteiger partial charge in [0.2, 0.25) is 5.91 Å². The number of hydrogen-bond donors (Lipinski definition) is 0. The van der Waals surface area contributed by atoms with Crippen molar-refractivity contribution in [2.24, 2.45) is 0 Å². The molecule has 1 aromatic rings. The van der Waals surface area contributed by atoms with Crippen LogP contribution >= 0.6 is 15.9 Å². The van der Waals surface area contributed by atoms with Crippen molar-refractivity contribution in [3.8, 4) is 0 Å². The summed E-state index contributed by atoms with van der Waals surface area (Å²) in [7, 11) is 3.46. The minimum atomic E-state index is -0.520. The molecule has 0 aromatic heterocycles. The summed E-state index contributed by atoms with van der Waals surface area (Å²) in [6, 6.07) is 4.46. The van der Waals surface area contributed by atoms with Gasteiger partial charge < -0.3 is 9.80 Å². The van der Waals surface area contributed by atoms with E-state index in [0.717, 1.165) is 13.0 Å². The van der Waals surface area contributed by atoms with E-state index in [9.17, 15) is 14.0 Å². The van der Waals surface area contributed by atoms with Gasteiger partial charge in [-0.1, -0.05) is 15.9 Å². The average molecular weight is 386 g/mol. The molecule has 0 unspecified atom stereocenters. The molecule has 2 amide bonds. The lowest BCUT2D eigenvalue weighted by molar-refractivity contribution is -0.129. The smallest absolute Gasteiger partial charge is 0.256 e. The third kappa shape index (κ3) is 4.75. The van der Waals surface area contributed by atoms with Crippen molar-refractivity contribution in [2.75, 3.05) is 46.8 Å². The highest BCUT2D eigenvalue weighted by atomic mass is 79.9. The molecule has 1 saturated heterocycles. The van der Waals surface area contributed by atoms with Gasteiger partial charge in [-0.05, 0) is 24.6 Å². The predicted octanol–water partition coefficient (Wildman–Crippen LogP) is 1.82. The molecule has 0 atom stereocenters. The normalized spacial score (nSPS) is 16.1. The van der Waals surface area contributed by atoms with Crippen LogP contribution in [0.2, 0.25) is 0 Å². The van der Waals surface area contributed by atoms with E-state index in [1.807, 2.05) is 4.90 Å². The zero-order valence-electron chi connectivity index (χ0n) is 13.4. The highest BCUT2D eigenvalue weighted by molar-refractivity contribution is 9.10. The predicted molar refractivity (Wildman–Crippen MR) is 89.8 cm³/mol. The molecule has 0 aliphatic carbocycles. The summed E-state index contributed by atoms with van der Waals surface area (Å²) in [6.45, 7) is 2.79. The lowest BCUT2D eigenvalue weighted by atomic mass is 10.2. The number of halogens is 2. The molecule has 126 valence electrons. The third-order valence-corrected chi connectivity index (χ3v) is 4.39. The molecule has 23 heavy (non-hydrogen) atoms.